The maximum absolute atomic E-state index is 14.5. The van der Waals surface area contributed by atoms with Gasteiger partial charge in [-0.3, -0.25) is 4.79 Å². The number of hydrogen-bond acceptors (Lipinski definition) is 4. The Balaban J connectivity index is 2.15. The number of aromatic nitrogens is 1. The minimum Gasteiger partial charge on any atom is -0.496 e. The fourth-order valence-corrected chi connectivity index (χ4v) is 4.11. The van der Waals surface area contributed by atoms with Gasteiger partial charge in [0.1, 0.15) is 16.6 Å². The van der Waals surface area contributed by atoms with Crippen molar-refractivity contribution < 1.29 is 19.0 Å². The highest BCUT2D eigenvalue weighted by molar-refractivity contribution is 7.11. The van der Waals surface area contributed by atoms with Crippen molar-refractivity contribution in [1.29, 1.82) is 0 Å². The lowest BCUT2D eigenvalue weighted by Crippen LogP contribution is -2.08. The fourth-order valence-electron chi connectivity index (χ4n) is 2.97. The standard InChI is InChI=1S/C20H17ClFNO3S/c1-11-10-23-20(27-11)15(9-18(24)25)12-6-13(8-14(21)7-12)19-16(22)4-3-5-17(19)26-2/h3-8,10,15H,9H2,1-2H3,(H,24,25). The van der Waals surface area contributed by atoms with E-state index in [-0.39, 0.29) is 12.0 Å². The summed E-state index contributed by atoms with van der Waals surface area (Å²) in [7, 11) is 1.47. The maximum atomic E-state index is 14.5. The molecule has 7 heteroatoms. The summed E-state index contributed by atoms with van der Waals surface area (Å²) < 4.78 is 19.8. The quantitative estimate of drug-likeness (QED) is 0.586. The molecule has 3 rings (SSSR count). The second kappa shape index (κ2) is 8.06. The predicted molar refractivity (Wildman–Crippen MR) is 104 cm³/mol. The zero-order chi connectivity index (χ0) is 19.6. The van der Waals surface area contributed by atoms with Crippen LogP contribution in [0.1, 0.15) is 27.8 Å². The van der Waals surface area contributed by atoms with Crippen molar-refractivity contribution in [3.63, 3.8) is 0 Å². The van der Waals surface area contributed by atoms with Crippen LogP contribution in [0.2, 0.25) is 5.02 Å². The number of thiazole rings is 1. The topological polar surface area (TPSA) is 59.4 Å². The summed E-state index contributed by atoms with van der Waals surface area (Å²) in [6, 6.07) is 9.65. The van der Waals surface area contributed by atoms with Gasteiger partial charge in [0.25, 0.3) is 0 Å². The van der Waals surface area contributed by atoms with Gasteiger partial charge in [-0.1, -0.05) is 23.7 Å². The highest BCUT2D eigenvalue weighted by Crippen LogP contribution is 2.38. The third-order valence-electron chi connectivity index (χ3n) is 4.12. The molecule has 0 fully saturated rings. The molecule has 4 nitrogen and oxygen atoms in total. The van der Waals surface area contributed by atoms with E-state index in [0.29, 0.717) is 26.9 Å². The molecule has 1 atom stereocenters. The van der Waals surface area contributed by atoms with E-state index in [9.17, 15) is 14.3 Å². The predicted octanol–water partition coefficient (Wildman–Crippen LogP) is 5.53. The van der Waals surface area contributed by atoms with Gasteiger partial charge < -0.3 is 9.84 Å². The molecule has 0 aliphatic rings. The first-order chi connectivity index (χ1) is 12.9. The molecule has 2 aromatic carbocycles. The van der Waals surface area contributed by atoms with Crippen LogP contribution < -0.4 is 4.74 Å². The van der Waals surface area contributed by atoms with Crippen LogP contribution in [0.5, 0.6) is 5.75 Å². The lowest BCUT2D eigenvalue weighted by Gasteiger charge is -2.16. The molecule has 140 valence electrons. The molecule has 1 unspecified atom stereocenters. The van der Waals surface area contributed by atoms with Crippen LogP contribution in [-0.2, 0) is 4.79 Å². The van der Waals surface area contributed by atoms with E-state index >= 15 is 0 Å². The van der Waals surface area contributed by atoms with Crippen molar-refractivity contribution in [2.45, 2.75) is 19.3 Å². The molecule has 0 aliphatic heterocycles. The van der Waals surface area contributed by atoms with Gasteiger partial charge in [0.2, 0.25) is 0 Å². The molecular formula is C20H17ClFNO3S. The second-order valence-corrected chi connectivity index (χ2v) is 7.75. The van der Waals surface area contributed by atoms with Crippen molar-refractivity contribution in [2.75, 3.05) is 7.11 Å². The number of ether oxygens (including phenoxy) is 1. The maximum Gasteiger partial charge on any atom is 0.304 e. The second-order valence-electron chi connectivity index (χ2n) is 6.05. The van der Waals surface area contributed by atoms with Crippen LogP contribution in [0, 0.1) is 12.7 Å². The number of carboxylic acid groups (broad SMARTS) is 1. The zero-order valence-corrected chi connectivity index (χ0v) is 16.3. The van der Waals surface area contributed by atoms with Crippen LogP contribution in [-0.4, -0.2) is 23.2 Å². The lowest BCUT2D eigenvalue weighted by atomic mass is 9.92. The minimum absolute atomic E-state index is 0.138. The Morgan fingerprint density at radius 1 is 1.37 bits per heavy atom. The van der Waals surface area contributed by atoms with Gasteiger partial charge in [-0.05, 0) is 42.3 Å². The zero-order valence-electron chi connectivity index (χ0n) is 14.7. The molecule has 3 aromatic rings. The average molecular weight is 406 g/mol. The van der Waals surface area contributed by atoms with Gasteiger partial charge in [-0.15, -0.1) is 11.3 Å². The molecule has 0 radical (unpaired) electrons. The van der Waals surface area contributed by atoms with Crippen molar-refractivity contribution in [3.8, 4) is 16.9 Å². The van der Waals surface area contributed by atoms with Gasteiger partial charge >= 0.3 is 5.97 Å². The van der Waals surface area contributed by atoms with Crippen LogP contribution in [0.15, 0.2) is 42.6 Å². The van der Waals surface area contributed by atoms with Crippen molar-refractivity contribution in [2.24, 2.45) is 0 Å². The summed E-state index contributed by atoms with van der Waals surface area (Å²) in [6.45, 7) is 1.91. The molecule has 1 N–H and O–H groups in total. The normalized spacial score (nSPS) is 12.0. The summed E-state index contributed by atoms with van der Waals surface area (Å²) in [4.78, 5) is 16.7. The molecule has 0 bridgehead atoms. The van der Waals surface area contributed by atoms with Crippen LogP contribution >= 0.6 is 22.9 Å². The number of aryl methyl sites for hydroxylation is 1. The Morgan fingerprint density at radius 2 is 2.15 bits per heavy atom. The Labute approximate surface area is 165 Å². The van der Waals surface area contributed by atoms with Gasteiger partial charge in [-0.2, -0.15) is 0 Å². The number of nitrogens with zero attached hydrogens (tertiary/aromatic N) is 1. The van der Waals surface area contributed by atoms with E-state index in [4.69, 9.17) is 16.3 Å². The molecule has 27 heavy (non-hydrogen) atoms. The largest absolute Gasteiger partial charge is 0.496 e. The number of halogens is 2. The van der Waals surface area contributed by atoms with Crippen molar-refractivity contribution in [1.82, 2.24) is 4.98 Å². The number of aliphatic carboxylic acids is 1. The highest BCUT2D eigenvalue weighted by atomic mass is 35.5. The Kier molecular flexibility index (Phi) is 5.77. The van der Waals surface area contributed by atoms with E-state index in [1.165, 1.54) is 24.5 Å². The average Bonchev–Trinajstić information content (AvgIpc) is 3.04. The summed E-state index contributed by atoms with van der Waals surface area (Å²) in [5.74, 6) is -1.49. The third-order valence-corrected chi connectivity index (χ3v) is 5.37. The molecule has 0 aliphatic carbocycles. The Bertz CT molecular complexity index is 989. The SMILES string of the molecule is COc1cccc(F)c1-c1cc(Cl)cc(C(CC(=O)O)c2ncc(C)s2)c1. The molecule has 0 amide bonds. The van der Waals surface area contributed by atoms with E-state index < -0.39 is 17.7 Å². The van der Waals surface area contributed by atoms with Crippen LogP contribution in [0.3, 0.4) is 0 Å². The number of methoxy groups -OCH3 is 1. The Hall–Kier alpha value is -2.44. The third kappa shape index (κ3) is 4.28. The smallest absolute Gasteiger partial charge is 0.304 e. The van der Waals surface area contributed by atoms with Gasteiger partial charge in [0, 0.05) is 22.0 Å². The first kappa shape index (κ1) is 19.3. The van der Waals surface area contributed by atoms with E-state index in [1.807, 2.05) is 6.92 Å². The van der Waals surface area contributed by atoms with Crippen molar-refractivity contribution >= 4 is 28.9 Å². The first-order valence-electron chi connectivity index (χ1n) is 8.16. The number of rotatable bonds is 6. The molecular weight excluding hydrogens is 389 g/mol. The monoisotopic (exact) mass is 405 g/mol. The molecule has 0 saturated carbocycles. The lowest BCUT2D eigenvalue weighted by molar-refractivity contribution is -0.137. The summed E-state index contributed by atoms with van der Waals surface area (Å²) in [5.41, 5.74) is 1.48. The summed E-state index contributed by atoms with van der Waals surface area (Å²) in [5, 5.41) is 10.4. The van der Waals surface area contributed by atoms with Gasteiger partial charge in [0.15, 0.2) is 0 Å². The molecule has 0 spiro atoms. The van der Waals surface area contributed by atoms with Crippen LogP contribution in [0.4, 0.5) is 4.39 Å². The van der Waals surface area contributed by atoms with E-state index in [2.05, 4.69) is 4.98 Å². The first-order valence-corrected chi connectivity index (χ1v) is 9.36. The molecule has 1 aromatic heterocycles. The van der Waals surface area contributed by atoms with Crippen molar-refractivity contribution in [3.05, 3.63) is 68.9 Å². The summed E-state index contributed by atoms with van der Waals surface area (Å²) >= 11 is 7.73. The fraction of sp³-hybridized carbons (Fsp3) is 0.200. The molecule has 0 saturated heterocycles. The molecule has 1 heterocycles. The minimum atomic E-state index is -0.946. The number of carbonyl (C=O) groups is 1. The van der Waals surface area contributed by atoms with E-state index in [0.717, 1.165) is 4.88 Å². The number of benzene rings is 2. The van der Waals surface area contributed by atoms with Crippen LogP contribution in [0.25, 0.3) is 11.1 Å². The van der Waals surface area contributed by atoms with E-state index in [1.54, 1.807) is 36.5 Å². The summed E-state index contributed by atoms with van der Waals surface area (Å²) in [6.07, 6.45) is 1.57. The number of carboxylic acids is 1. The van der Waals surface area contributed by atoms with Gasteiger partial charge in [-0.25, -0.2) is 9.37 Å². The number of hydrogen-bond donors (Lipinski definition) is 1. The van der Waals surface area contributed by atoms with Gasteiger partial charge in [0.05, 0.1) is 19.1 Å². The highest BCUT2D eigenvalue weighted by Gasteiger charge is 2.23. The Morgan fingerprint density at radius 3 is 2.78 bits per heavy atom.